The maximum Gasteiger partial charge on any atom is 0.171 e. The molecular weight excluding hydrogens is 476 g/mol. The zero-order valence-corrected chi connectivity index (χ0v) is 19.1. The molecule has 0 spiro atoms. The third kappa shape index (κ3) is 11.5. The minimum Gasteiger partial charge on any atom is -1.00 e. The number of hydrogen-bond donors (Lipinski definition) is 0. The van der Waals surface area contributed by atoms with E-state index in [4.69, 9.17) is 14.2 Å². The molecule has 27 heavy (non-hydrogen) atoms. The van der Waals surface area contributed by atoms with Crippen molar-refractivity contribution in [2.24, 2.45) is 0 Å². The average Bonchev–Trinajstić information content (AvgIpc) is 2.67. The van der Waals surface area contributed by atoms with E-state index in [-0.39, 0.29) is 34.0 Å². The number of H-pyrrole nitrogens is 1. The first-order valence-corrected chi connectivity index (χ1v) is 9.09. The first-order valence-electron chi connectivity index (χ1n) is 9.09. The van der Waals surface area contributed by atoms with Crippen LogP contribution in [0.1, 0.15) is 19.8 Å². The maximum absolute atomic E-state index is 5.61. The second kappa shape index (κ2) is 17.3. The largest absolute Gasteiger partial charge is 1.00 e. The van der Waals surface area contributed by atoms with Gasteiger partial charge in [-0.25, -0.2) is 9.55 Å². The van der Waals surface area contributed by atoms with Crippen LogP contribution in [0.5, 0.6) is 0 Å². The van der Waals surface area contributed by atoms with Crippen LogP contribution in [0.4, 0.5) is 0 Å². The predicted octanol–water partition coefficient (Wildman–Crippen LogP) is -3.69. The Morgan fingerprint density at radius 1 is 0.741 bits per heavy atom. The molecule has 0 aliphatic rings. The molecule has 152 valence electrons. The van der Waals surface area contributed by atoms with E-state index in [1.807, 2.05) is 12.4 Å². The Labute approximate surface area is 183 Å². The van der Waals surface area contributed by atoms with Gasteiger partial charge in [0.05, 0.1) is 26.4 Å². The number of aromatic amines is 1. The molecule has 0 unspecified atom stereocenters. The van der Waals surface area contributed by atoms with E-state index in [1.54, 1.807) is 0 Å². The molecule has 0 bridgehead atoms. The van der Waals surface area contributed by atoms with Gasteiger partial charge >= 0.3 is 0 Å². The fraction of sp³-hybridized carbons (Fsp3) is 0.500. The van der Waals surface area contributed by atoms with Crippen molar-refractivity contribution in [1.29, 1.82) is 0 Å². The van der Waals surface area contributed by atoms with Gasteiger partial charge in [-0.3, -0.25) is 0 Å². The van der Waals surface area contributed by atoms with E-state index >= 15 is 0 Å². The summed E-state index contributed by atoms with van der Waals surface area (Å²) in [6.45, 7) is 7.05. The number of nitrogens with zero attached hydrogens (tertiary/aromatic N) is 1. The standard InChI is InChI=1S/C20H29N2O3.2BrH/c1-2-3-13-23-15-17-25-18-16-24-14-12-22-10-6-20(7-11-22)19-4-8-21-9-5-19;;/h4-11H,2-3,12-18H2,1H3;2*1H/q+1;;/p-1. The van der Waals surface area contributed by atoms with Gasteiger partial charge in [0, 0.05) is 30.9 Å². The molecule has 7 heteroatoms. The van der Waals surface area contributed by atoms with Crippen LogP contribution in [0.3, 0.4) is 0 Å². The van der Waals surface area contributed by atoms with E-state index in [2.05, 4.69) is 53.1 Å². The Morgan fingerprint density at radius 2 is 1.26 bits per heavy atom. The molecule has 0 radical (unpaired) electrons. The lowest BCUT2D eigenvalue weighted by molar-refractivity contribution is -0.698. The van der Waals surface area contributed by atoms with Crippen molar-refractivity contribution < 1.29 is 57.7 Å². The number of rotatable bonds is 13. The van der Waals surface area contributed by atoms with E-state index in [1.165, 1.54) is 17.5 Å². The topological polar surface area (TPSA) is 45.7 Å². The van der Waals surface area contributed by atoms with Crippen molar-refractivity contribution in [2.75, 3.05) is 39.6 Å². The van der Waals surface area contributed by atoms with E-state index < -0.39 is 0 Å². The maximum atomic E-state index is 5.61. The van der Waals surface area contributed by atoms with Crippen molar-refractivity contribution in [2.45, 2.75) is 26.3 Å². The summed E-state index contributed by atoms with van der Waals surface area (Å²) in [5, 5.41) is 0. The molecule has 0 aliphatic heterocycles. The van der Waals surface area contributed by atoms with Gasteiger partial charge in [0.2, 0.25) is 0 Å². The number of nitrogens with one attached hydrogen (secondary N) is 1. The van der Waals surface area contributed by atoms with Crippen molar-refractivity contribution in [3.8, 4) is 11.1 Å². The molecule has 0 aromatic carbocycles. The monoisotopic (exact) mass is 504 g/mol. The minimum absolute atomic E-state index is 0. The highest BCUT2D eigenvalue weighted by Gasteiger charge is 2.03. The Morgan fingerprint density at radius 3 is 1.85 bits per heavy atom. The molecule has 0 saturated heterocycles. The zero-order chi connectivity index (χ0) is 17.6. The fourth-order valence-corrected chi connectivity index (χ4v) is 2.34. The lowest BCUT2D eigenvalue weighted by Gasteiger charge is -2.06. The SMILES string of the molecule is CCCCOCCOCCOCC[n+]1ccc(-c2cc[nH+]cc2)cc1.[Br-].[Br-]. The normalized spacial score (nSPS) is 10.1. The Bertz CT molecular complexity index is 571. The lowest BCUT2D eigenvalue weighted by Crippen LogP contribution is -3.00. The second-order valence-electron chi connectivity index (χ2n) is 5.80. The third-order valence-corrected chi connectivity index (χ3v) is 3.82. The van der Waals surface area contributed by atoms with Gasteiger partial charge in [-0.05, 0) is 17.5 Å². The van der Waals surface area contributed by atoms with Crippen LogP contribution in [0.25, 0.3) is 11.1 Å². The third-order valence-electron chi connectivity index (χ3n) is 3.82. The summed E-state index contributed by atoms with van der Waals surface area (Å²) in [5.74, 6) is 0. The highest BCUT2D eigenvalue weighted by atomic mass is 79.9. The molecule has 2 aromatic rings. The average molecular weight is 506 g/mol. The zero-order valence-electron chi connectivity index (χ0n) is 15.9. The van der Waals surface area contributed by atoms with Crippen LogP contribution in [-0.4, -0.2) is 39.6 Å². The molecule has 5 nitrogen and oxygen atoms in total. The Kier molecular flexibility index (Phi) is 16.7. The number of ether oxygens (including phenoxy) is 3. The van der Waals surface area contributed by atoms with E-state index in [0.29, 0.717) is 33.0 Å². The van der Waals surface area contributed by atoms with Crippen LogP contribution >= 0.6 is 0 Å². The van der Waals surface area contributed by atoms with Crippen LogP contribution in [0.15, 0.2) is 49.1 Å². The van der Waals surface area contributed by atoms with Gasteiger partial charge in [-0.15, -0.1) is 0 Å². The van der Waals surface area contributed by atoms with Crippen LogP contribution in [-0.2, 0) is 20.8 Å². The van der Waals surface area contributed by atoms with E-state index in [9.17, 15) is 0 Å². The summed E-state index contributed by atoms with van der Waals surface area (Å²) in [7, 11) is 0. The van der Waals surface area contributed by atoms with Gasteiger partial charge < -0.3 is 48.2 Å². The lowest BCUT2D eigenvalue weighted by atomic mass is 10.1. The predicted molar refractivity (Wildman–Crippen MR) is 96.0 cm³/mol. The molecular formula is C20H30Br2N2O3. The summed E-state index contributed by atoms with van der Waals surface area (Å²) in [5.41, 5.74) is 2.42. The van der Waals surface area contributed by atoms with Crippen molar-refractivity contribution >= 4 is 0 Å². The Hall–Kier alpha value is -0.860. The number of hydrogen-bond acceptors (Lipinski definition) is 3. The summed E-state index contributed by atoms with van der Waals surface area (Å²) < 4.78 is 18.6. The fourth-order valence-electron chi connectivity index (χ4n) is 2.34. The molecule has 2 heterocycles. The number of unbranched alkanes of at least 4 members (excludes halogenated alkanes) is 1. The summed E-state index contributed by atoms with van der Waals surface area (Å²) in [6.07, 6.45) is 10.3. The molecule has 0 fully saturated rings. The van der Waals surface area contributed by atoms with Crippen LogP contribution in [0.2, 0.25) is 0 Å². The highest BCUT2D eigenvalue weighted by molar-refractivity contribution is 5.60. The number of halogens is 2. The van der Waals surface area contributed by atoms with Gasteiger partial charge in [-0.2, -0.15) is 0 Å². The second-order valence-corrected chi connectivity index (χ2v) is 5.80. The molecule has 0 atom stereocenters. The molecule has 2 rings (SSSR count). The molecule has 0 saturated carbocycles. The van der Waals surface area contributed by atoms with Gasteiger partial charge in [0.1, 0.15) is 6.61 Å². The quantitative estimate of drug-likeness (QED) is 0.208. The molecule has 0 amide bonds. The molecule has 0 aliphatic carbocycles. The summed E-state index contributed by atoms with van der Waals surface area (Å²) >= 11 is 0. The Balaban J connectivity index is 0.00000338. The first-order chi connectivity index (χ1) is 12.4. The first kappa shape index (κ1) is 26.1. The highest BCUT2D eigenvalue weighted by Crippen LogP contribution is 2.14. The van der Waals surface area contributed by atoms with Gasteiger partial charge in [0.25, 0.3) is 0 Å². The summed E-state index contributed by atoms with van der Waals surface area (Å²) in [4.78, 5) is 3.04. The smallest absolute Gasteiger partial charge is 0.171 e. The minimum atomic E-state index is 0. The van der Waals surface area contributed by atoms with Crippen molar-refractivity contribution in [1.82, 2.24) is 0 Å². The van der Waals surface area contributed by atoms with Crippen LogP contribution < -0.4 is 43.5 Å². The van der Waals surface area contributed by atoms with Crippen molar-refractivity contribution in [3.05, 3.63) is 49.1 Å². The number of pyridine rings is 2. The molecule has 2 aromatic heterocycles. The summed E-state index contributed by atoms with van der Waals surface area (Å²) in [6, 6.07) is 8.38. The van der Waals surface area contributed by atoms with Crippen LogP contribution in [0, 0.1) is 0 Å². The molecule has 1 N–H and O–H groups in total. The van der Waals surface area contributed by atoms with Gasteiger partial charge in [-0.1, -0.05) is 13.3 Å². The van der Waals surface area contributed by atoms with E-state index in [0.717, 1.165) is 19.6 Å². The van der Waals surface area contributed by atoms with Crippen molar-refractivity contribution in [3.63, 3.8) is 0 Å². The van der Waals surface area contributed by atoms with Gasteiger partial charge in [0.15, 0.2) is 31.3 Å². The number of aromatic nitrogens is 2.